The van der Waals surface area contributed by atoms with E-state index in [2.05, 4.69) is 25.2 Å². The van der Waals surface area contributed by atoms with Gasteiger partial charge in [-0.25, -0.2) is 14.4 Å². The molecular weight excluding hydrogens is 407 g/mol. The van der Waals surface area contributed by atoms with Crippen molar-refractivity contribution in [1.29, 1.82) is 0 Å². The molecule has 32 heavy (non-hydrogen) atoms. The van der Waals surface area contributed by atoms with E-state index in [1.54, 1.807) is 12.3 Å². The zero-order chi connectivity index (χ0) is 22.1. The number of likely N-dealkylation sites (tertiary alicyclic amines) is 1. The molecule has 2 aromatic heterocycles. The predicted molar refractivity (Wildman–Crippen MR) is 121 cm³/mol. The first kappa shape index (κ1) is 20.4. The number of nitrogens with zero attached hydrogens (tertiary/aromatic N) is 4. The van der Waals surface area contributed by atoms with Gasteiger partial charge < -0.3 is 14.9 Å². The number of halogens is 1. The van der Waals surface area contributed by atoms with Crippen LogP contribution < -0.4 is 5.32 Å². The maximum Gasteiger partial charge on any atom is 0.228 e. The van der Waals surface area contributed by atoms with Gasteiger partial charge in [0.25, 0.3) is 0 Å². The molecule has 8 heteroatoms. The molecule has 1 atom stereocenters. The van der Waals surface area contributed by atoms with Crippen molar-refractivity contribution in [1.82, 2.24) is 24.4 Å². The Bertz CT molecular complexity index is 1250. The van der Waals surface area contributed by atoms with Gasteiger partial charge in [-0.15, -0.1) is 0 Å². The average Bonchev–Trinajstić information content (AvgIpc) is 3.39. The molecule has 7 nitrogen and oxygen atoms in total. The summed E-state index contributed by atoms with van der Waals surface area (Å²) in [6.45, 7) is 4.14. The van der Waals surface area contributed by atoms with Gasteiger partial charge in [-0.3, -0.25) is 9.69 Å². The van der Waals surface area contributed by atoms with Crippen molar-refractivity contribution in [3.05, 3.63) is 72.3 Å². The van der Waals surface area contributed by atoms with E-state index in [1.165, 1.54) is 12.1 Å². The molecule has 2 N–H and O–H groups in total. The molecule has 1 aliphatic rings. The van der Waals surface area contributed by atoms with Crippen molar-refractivity contribution in [3.63, 3.8) is 0 Å². The Balaban J connectivity index is 1.21. The topological polar surface area (TPSA) is 78.8 Å². The van der Waals surface area contributed by atoms with Crippen LogP contribution in [-0.2, 0) is 11.3 Å². The van der Waals surface area contributed by atoms with Crippen molar-refractivity contribution in [3.8, 4) is 5.69 Å². The van der Waals surface area contributed by atoms with Crippen LogP contribution in [0.4, 0.5) is 10.1 Å². The van der Waals surface area contributed by atoms with Crippen LogP contribution in [0, 0.1) is 18.7 Å². The lowest BCUT2D eigenvalue weighted by molar-refractivity contribution is -0.121. The molecule has 0 spiro atoms. The standard InChI is InChI=1S/C24H25FN6O/c1-16-26-10-12-31(16)20-7-5-19(6-8-20)27-24(32)17-3-2-11-30(14-17)15-23-28-21-9-4-18(25)13-22(21)29-23/h4-10,12-13,17H,2-3,11,14-15H2,1H3,(H,27,32)(H,28,29)/t17-/m0/s1. The number of anilines is 1. The summed E-state index contributed by atoms with van der Waals surface area (Å²) in [5, 5.41) is 3.06. The number of rotatable bonds is 5. The number of H-pyrrole nitrogens is 1. The number of hydrogen-bond donors (Lipinski definition) is 2. The molecule has 0 bridgehead atoms. The van der Waals surface area contributed by atoms with Gasteiger partial charge in [0.2, 0.25) is 5.91 Å². The summed E-state index contributed by atoms with van der Waals surface area (Å²) < 4.78 is 15.4. The second-order valence-corrected chi connectivity index (χ2v) is 8.30. The highest BCUT2D eigenvalue weighted by Crippen LogP contribution is 2.22. The summed E-state index contributed by atoms with van der Waals surface area (Å²) in [5.41, 5.74) is 3.24. The average molecular weight is 433 g/mol. The van der Waals surface area contributed by atoms with Crippen LogP contribution in [0.1, 0.15) is 24.5 Å². The van der Waals surface area contributed by atoms with E-state index in [0.29, 0.717) is 18.6 Å². The van der Waals surface area contributed by atoms with Crippen LogP contribution in [0.15, 0.2) is 54.9 Å². The maximum absolute atomic E-state index is 13.4. The van der Waals surface area contributed by atoms with Gasteiger partial charge in [-0.05, 0) is 68.8 Å². The van der Waals surface area contributed by atoms with Crippen LogP contribution in [0.5, 0.6) is 0 Å². The fraction of sp³-hybridized carbons (Fsp3) is 0.292. The normalized spacial score (nSPS) is 17.0. The van der Waals surface area contributed by atoms with Crippen molar-refractivity contribution >= 4 is 22.6 Å². The first-order chi connectivity index (χ1) is 15.5. The summed E-state index contributed by atoms with van der Waals surface area (Å²) in [5.74, 6) is 1.38. The van der Waals surface area contributed by atoms with Crippen LogP contribution >= 0.6 is 0 Å². The third kappa shape index (κ3) is 4.27. The summed E-state index contributed by atoms with van der Waals surface area (Å²) >= 11 is 0. The van der Waals surface area contributed by atoms with E-state index >= 15 is 0 Å². The number of hydrogen-bond acceptors (Lipinski definition) is 4. The third-order valence-corrected chi connectivity index (χ3v) is 5.98. The number of aromatic nitrogens is 4. The quantitative estimate of drug-likeness (QED) is 0.499. The summed E-state index contributed by atoms with van der Waals surface area (Å²) in [6, 6.07) is 12.3. The van der Waals surface area contributed by atoms with E-state index < -0.39 is 0 Å². The van der Waals surface area contributed by atoms with Crippen LogP contribution in [0.2, 0.25) is 0 Å². The number of amides is 1. The zero-order valence-electron chi connectivity index (χ0n) is 17.9. The molecule has 1 amide bonds. The van der Waals surface area contributed by atoms with Crippen LogP contribution in [0.3, 0.4) is 0 Å². The molecule has 1 fully saturated rings. The van der Waals surface area contributed by atoms with Gasteiger partial charge in [-0.1, -0.05) is 0 Å². The maximum atomic E-state index is 13.4. The third-order valence-electron chi connectivity index (χ3n) is 5.98. The molecule has 0 unspecified atom stereocenters. The molecule has 5 rings (SSSR count). The lowest BCUT2D eigenvalue weighted by Gasteiger charge is -2.31. The second-order valence-electron chi connectivity index (χ2n) is 8.30. The van der Waals surface area contributed by atoms with Crippen molar-refractivity contribution in [2.45, 2.75) is 26.3 Å². The van der Waals surface area contributed by atoms with Crippen molar-refractivity contribution < 1.29 is 9.18 Å². The highest BCUT2D eigenvalue weighted by atomic mass is 19.1. The SMILES string of the molecule is Cc1nccn1-c1ccc(NC(=O)[C@H]2CCCN(Cc3nc4ccc(F)cc4[nH]3)C2)cc1. The van der Waals surface area contributed by atoms with Gasteiger partial charge >= 0.3 is 0 Å². The van der Waals surface area contributed by atoms with Gasteiger partial charge in [0.05, 0.1) is 23.5 Å². The molecule has 2 aromatic carbocycles. The molecule has 1 aliphatic heterocycles. The van der Waals surface area contributed by atoms with Crippen molar-refractivity contribution in [2.24, 2.45) is 5.92 Å². The minimum atomic E-state index is -0.282. The first-order valence-electron chi connectivity index (χ1n) is 10.8. The fourth-order valence-corrected chi connectivity index (χ4v) is 4.34. The number of nitrogens with one attached hydrogen (secondary N) is 2. The number of aromatic amines is 1. The number of aryl methyl sites for hydroxylation is 1. The molecule has 0 aliphatic carbocycles. The van der Waals surface area contributed by atoms with Gasteiger partial charge in [0, 0.05) is 30.3 Å². The zero-order valence-corrected chi connectivity index (χ0v) is 17.9. The molecule has 3 heterocycles. The second kappa shape index (κ2) is 8.55. The Labute approximate surface area is 185 Å². The molecule has 0 saturated carbocycles. The van der Waals surface area contributed by atoms with Crippen molar-refractivity contribution in [2.75, 3.05) is 18.4 Å². The summed E-state index contributed by atoms with van der Waals surface area (Å²) in [7, 11) is 0. The number of carbonyl (C=O) groups is 1. The van der Waals surface area contributed by atoms with E-state index in [0.717, 1.165) is 47.9 Å². The number of carbonyl (C=O) groups excluding carboxylic acids is 1. The van der Waals surface area contributed by atoms with E-state index in [1.807, 2.05) is 42.0 Å². The lowest BCUT2D eigenvalue weighted by atomic mass is 9.97. The first-order valence-corrected chi connectivity index (χ1v) is 10.8. The van der Waals surface area contributed by atoms with Gasteiger partial charge in [0.15, 0.2) is 0 Å². The predicted octanol–water partition coefficient (Wildman–Crippen LogP) is 4.05. The van der Waals surface area contributed by atoms with E-state index in [9.17, 15) is 9.18 Å². The molecule has 4 aromatic rings. The Morgan fingerprint density at radius 3 is 2.88 bits per heavy atom. The smallest absolute Gasteiger partial charge is 0.228 e. The number of fused-ring (bicyclic) bond motifs is 1. The van der Waals surface area contributed by atoms with Crippen LogP contribution in [-0.4, -0.2) is 43.4 Å². The minimum absolute atomic E-state index is 0.0351. The molecular formula is C24H25FN6O. The largest absolute Gasteiger partial charge is 0.341 e. The Hall–Kier alpha value is -3.52. The minimum Gasteiger partial charge on any atom is -0.341 e. The fourth-order valence-electron chi connectivity index (χ4n) is 4.34. The Morgan fingerprint density at radius 1 is 1.25 bits per heavy atom. The molecule has 164 valence electrons. The molecule has 1 saturated heterocycles. The van der Waals surface area contributed by atoms with E-state index in [-0.39, 0.29) is 17.6 Å². The Morgan fingerprint density at radius 2 is 2.09 bits per heavy atom. The number of imidazole rings is 2. The monoisotopic (exact) mass is 432 g/mol. The van der Waals surface area contributed by atoms with Gasteiger partial charge in [-0.2, -0.15) is 0 Å². The number of piperidine rings is 1. The summed E-state index contributed by atoms with van der Waals surface area (Å²) in [6.07, 6.45) is 5.49. The lowest BCUT2D eigenvalue weighted by Crippen LogP contribution is -2.40. The molecule has 0 radical (unpaired) electrons. The summed E-state index contributed by atoms with van der Waals surface area (Å²) in [4.78, 5) is 27.1. The number of benzene rings is 2. The Kier molecular flexibility index (Phi) is 5.45. The highest BCUT2D eigenvalue weighted by Gasteiger charge is 2.26. The highest BCUT2D eigenvalue weighted by molar-refractivity contribution is 5.92. The van der Waals surface area contributed by atoms with Crippen LogP contribution in [0.25, 0.3) is 16.7 Å². The van der Waals surface area contributed by atoms with Gasteiger partial charge in [0.1, 0.15) is 17.5 Å². The van der Waals surface area contributed by atoms with E-state index in [4.69, 9.17) is 0 Å².